The van der Waals surface area contributed by atoms with Crippen molar-refractivity contribution in [1.82, 2.24) is 4.98 Å². The summed E-state index contributed by atoms with van der Waals surface area (Å²) < 4.78 is 42.9. The van der Waals surface area contributed by atoms with E-state index in [2.05, 4.69) is 10.3 Å². The molecule has 164 valence electrons. The SMILES string of the molecule is O=C(COC(=O)/C=C/c1ccc2ccccc2n1)Nc1ccc(C(F)(F)F)cc1[N+](=O)[O-]. The summed E-state index contributed by atoms with van der Waals surface area (Å²) in [5.74, 6) is -1.84. The van der Waals surface area contributed by atoms with Gasteiger partial charge in [-0.15, -0.1) is 0 Å². The van der Waals surface area contributed by atoms with E-state index in [0.29, 0.717) is 17.8 Å². The van der Waals surface area contributed by atoms with E-state index in [1.54, 1.807) is 12.1 Å². The molecule has 0 aliphatic heterocycles. The molecule has 1 amide bonds. The number of aromatic nitrogens is 1. The van der Waals surface area contributed by atoms with Gasteiger partial charge in [0, 0.05) is 17.5 Å². The van der Waals surface area contributed by atoms with Crippen molar-refractivity contribution in [2.24, 2.45) is 0 Å². The second kappa shape index (κ2) is 9.25. The van der Waals surface area contributed by atoms with E-state index >= 15 is 0 Å². The lowest BCUT2D eigenvalue weighted by atomic mass is 10.1. The number of rotatable bonds is 6. The number of para-hydroxylation sites is 1. The average Bonchev–Trinajstić information content (AvgIpc) is 2.75. The fourth-order valence-corrected chi connectivity index (χ4v) is 2.66. The van der Waals surface area contributed by atoms with Gasteiger partial charge in [0.2, 0.25) is 0 Å². The van der Waals surface area contributed by atoms with Crippen LogP contribution in [0.5, 0.6) is 0 Å². The van der Waals surface area contributed by atoms with Crippen LogP contribution in [-0.2, 0) is 20.5 Å². The molecule has 1 N–H and O–H groups in total. The van der Waals surface area contributed by atoms with Gasteiger partial charge < -0.3 is 10.1 Å². The molecule has 0 spiro atoms. The van der Waals surface area contributed by atoms with Crippen molar-refractivity contribution in [3.8, 4) is 0 Å². The summed E-state index contributed by atoms with van der Waals surface area (Å²) in [6.45, 7) is -0.799. The van der Waals surface area contributed by atoms with Crippen LogP contribution in [0.2, 0.25) is 0 Å². The van der Waals surface area contributed by atoms with E-state index in [1.165, 1.54) is 6.08 Å². The van der Waals surface area contributed by atoms with Crippen molar-refractivity contribution in [2.75, 3.05) is 11.9 Å². The first-order chi connectivity index (χ1) is 15.1. The van der Waals surface area contributed by atoms with Crippen molar-refractivity contribution in [3.63, 3.8) is 0 Å². The number of halogens is 3. The third-order valence-electron chi connectivity index (χ3n) is 4.15. The number of benzene rings is 2. The minimum Gasteiger partial charge on any atom is -0.452 e. The number of nitro groups is 1. The third-order valence-corrected chi connectivity index (χ3v) is 4.15. The molecule has 1 heterocycles. The highest BCUT2D eigenvalue weighted by Crippen LogP contribution is 2.34. The first kappa shape index (κ1) is 22.4. The lowest BCUT2D eigenvalue weighted by Gasteiger charge is -2.10. The van der Waals surface area contributed by atoms with Gasteiger partial charge in [0.05, 0.1) is 21.7 Å². The molecule has 0 bridgehead atoms. The molecule has 11 heteroatoms. The number of carbonyl (C=O) groups excluding carboxylic acids is 2. The number of pyridine rings is 1. The Bertz CT molecular complexity index is 1220. The summed E-state index contributed by atoms with van der Waals surface area (Å²) in [4.78, 5) is 38.0. The van der Waals surface area contributed by atoms with Crippen molar-refractivity contribution < 1.29 is 32.4 Å². The quantitative estimate of drug-likeness (QED) is 0.261. The molecule has 3 rings (SSSR count). The maximum atomic E-state index is 12.7. The van der Waals surface area contributed by atoms with Crippen LogP contribution in [0.3, 0.4) is 0 Å². The number of hydrogen-bond donors (Lipinski definition) is 1. The largest absolute Gasteiger partial charge is 0.452 e. The Kier molecular flexibility index (Phi) is 6.47. The van der Waals surface area contributed by atoms with E-state index in [9.17, 15) is 32.9 Å². The number of amides is 1. The second-order valence-corrected chi connectivity index (χ2v) is 6.40. The Labute approximate surface area is 178 Å². The molecule has 0 aliphatic carbocycles. The molecule has 32 heavy (non-hydrogen) atoms. The van der Waals surface area contributed by atoms with Gasteiger partial charge in [0.1, 0.15) is 5.69 Å². The van der Waals surface area contributed by atoms with E-state index in [1.807, 2.05) is 24.3 Å². The fraction of sp³-hybridized carbons (Fsp3) is 0.0952. The van der Waals surface area contributed by atoms with Crippen molar-refractivity contribution in [1.29, 1.82) is 0 Å². The number of anilines is 1. The van der Waals surface area contributed by atoms with Crippen LogP contribution in [0.15, 0.2) is 60.7 Å². The number of nitrogens with one attached hydrogen (secondary N) is 1. The number of carbonyl (C=O) groups is 2. The predicted molar refractivity (Wildman–Crippen MR) is 108 cm³/mol. The molecule has 0 radical (unpaired) electrons. The molecule has 0 saturated heterocycles. The molecular weight excluding hydrogens is 431 g/mol. The standard InChI is InChI=1S/C21H14F3N3O5/c22-21(23,24)14-6-9-17(18(11-14)27(30)31)26-19(28)12-32-20(29)10-8-15-7-5-13-3-1-2-4-16(13)25-15/h1-11H,12H2,(H,26,28)/b10-8+. The van der Waals surface area contributed by atoms with Crippen LogP contribution < -0.4 is 5.32 Å². The van der Waals surface area contributed by atoms with Crippen LogP contribution in [0, 0.1) is 10.1 Å². The van der Waals surface area contributed by atoms with Gasteiger partial charge in [0.15, 0.2) is 6.61 Å². The zero-order valence-corrected chi connectivity index (χ0v) is 16.1. The van der Waals surface area contributed by atoms with Crippen LogP contribution in [0.1, 0.15) is 11.3 Å². The molecule has 1 aromatic heterocycles. The smallest absolute Gasteiger partial charge is 0.416 e. The number of esters is 1. The van der Waals surface area contributed by atoms with Crippen molar-refractivity contribution in [2.45, 2.75) is 6.18 Å². The van der Waals surface area contributed by atoms with Gasteiger partial charge in [-0.2, -0.15) is 13.2 Å². The van der Waals surface area contributed by atoms with Gasteiger partial charge >= 0.3 is 12.1 Å². The zero-order valence-electron chi connectivity index (χ0n) is 16.1. The molecule has 0 unspecified atom stereocenters. The highest BCUT2D eigenvalue weighted by atomic mass is 19.4. The van der Waals surface area contributed by atoms with Gasteiger partial charge in [-0.05, 0) is 30.3 Å². The molecule has 8 nitrogen and oxygen atoms in total. The number of nitrogens with zero attached hydrogens (tertiary/aromatic N) is 2. The van der Waals surface area contributed by atoms with Gasteiger partial charge in [-0.25, -0.2) is 9.78 Å². The van der Waals surface area contributed by atoms with Crippen LogP contribution >= 0.6 is 0 Å². The topological polar surface area (TPSA) is 111 Å². The monoisotopic (exact) mass is 445 g/mol. The predicted octanol–water partition coefficient (Wildman–Crippen LogP) is 4.36. The molecule has 0 saturated carbocycles. The van der Waals surface area contributed by atoms with Gasteiger partial charge in [-0.1, -0.05) is 24.3 Å². The van der Waals surface area contributed by atoms with Crippen LogP contribution in [0.25, 0.3) is 17.0 Å². The normalized spacial score (nSPS) is 11.5. The highest BCUT2D eigenvalue weighted by Gasteiger charge is 2.33. The number of alkyl halides is 3. The summed E-state index contributed by atoms with van der Waals surface area (Å²) >= 11 is 0. The maximum Gasteiger partial charge on any atom is 0.416 e. The van der Waals surface area contributed by atoms with Crippen molar-refractivity contribution in [3.05, 3.63) is 82.0 Å². The second-order valence-electron chi connectivity index (χ2n) is 6.40. The molecule has 0 atom stereocenters. The Morgan fingerprint density at radius 1 is 1.12 bits per heavy atom. The van der Waals surface area contributed by atoms with E-state index in [-0.39, 0.29) is 0 Å². The number of ether oxygens (including phenoxy) is 1. The molecule has 2 aromatic carbocycles. The van der Waals surface area contributed by atoms with Crippen LogP contribution in [0.4, 0.5) is 24.5 Å². The first-order valence-corrected chi connectivity index (χ1v) is 8.99. The maximum absolute atomic E-state index is 12.7. The highest BCUT2D eigenvalue weighted by molar-refractivity contribution is 5.96. The van der Waals surface area contributed by atoms with Gasteiger partial charge in [0.25, 0.3) is 11.6 Å². The average molecular weight is 445 g/mol. The van der Waals surface area contributed by atoms with E-state index in [0.717, 1.165) is 23.0 Å². The first-order valence-electron chi connectivity index (χ1n) is 8.99. The zero-order chi connectivity index (χ0) is 23.3. The molecule has 0 fully saturated rings. The summed E-state index contributed by atoms with van der Waals surface area (Å²) in [6.07, 6.45) is -2.35. The number of hydrogen-bond acceptors (Lipinski definition) is 6. The van der Waals surface area contributed by atoms with Gasteiger partial charge in [-0.3, -0.25) is 14.9 Å². The Hall–Kier alpha value is -4.28. The molecule has 0 aliphatic rings. The van der Waals surface area contributed by atoms with Crippen LogP contribution in [-0.4, -0.2) is 28.4 Å². The molecule has 3 aromatic rings. The summed E-state index contributed by atoms with van der Waals surface area (Å²) in [7, 11) is 0. The Balaban J connectivity index is 1.60. The lowest BCUT2D eigenvalue weighted by molar-refractivity contribution is -0.384. The Morgan fingerprint density at radius 3 is 2.59 bits per heavy atom. The minimum absolute atomic E-state index is 0.306. The summed E-state index contributed by atoms with van der Waals surface area (Å²) in [6, 6.07) is 12.5. The van der Waals surface area contributed by atoms with E-state index < -0.39 is 46.5 Å². The fourth-order valence-electron chi connectivity index (χ4n) is 2.66. The minimum atomic E-state index is -4.78. The molecular formula is C21H14F3N3O5. The third kappa shape index (κ3) is 5.65. The van der Waals surface area contributed by atoms with E-state index in [4.69, 9.17) is 4.74 Å². The summed E-state index contributed by atoms with van der Waals surface area (Å²) in [5, 5.41) is 14.0. The number of nitro benzene ring substituents is 1. The van der Waals surface area contributed by atoms with Crippen molar-refractivity contribution >= 4 is 40.2 Å². The number of fused-ring (bicyclic) bond motifs is 1. The summed E-state index contributed by atoms with van der Waals surface area (Å²) in [5.41, 5.74) is -1.44. The lowest BCUT2D eigenvalue weighted by Crippen LogP contribution is -2.21. The Morgan fingerprint density at radius 2 is 1.88 bits per heavy atom.